The number of aliphatic hydroxyl groups excluding tert-OH is 1. The van der Waals surface area contributed by atoms with Crippen LogP contribution in [0.1, 0.15) is 58.3 Å². The third-order valence-corrected chi connectivity index (χ3v) is 7.31. The number of aliphatic hydroxyl groups is 1. The standard InChI is InChI=1S/C19H28O2/c1-2-11-10-18-16-5-3-12-9-13(20)4-6-14(12)15(16)7-8-17(18)19(11)21/h9,11,14-19,21H,2-8,10H2,1H3/t11?,14-,15+,16+,17-,18-,19-/m0/s1. The Morgan fingerprint density at radius 2 is 1.86 bits per heavy atom. The molecule has 2 nitrogen and oxygen atoms in total. The number of fused-ring (bicyclic) bond motifs is 5. The van der Waals surface area contributed by atoms with E-state index in [0.717, 1.165) is 43.4 Å². The van der Waals surface area contributed by atoms with Gasteiger partial charge in [-0.1, -0.05) is 18.9 Å². The predicted molar refractivity (Wildman–Crippen MR) is 82.6 cm³/mol. The third-order valence-electron chi connectivity index (χ3n) is 7.31. The van der Waals surface area contributed by atoms with Gasteiger partial charge >= 0.3 is 0 Å². The van der Waals surface area contributed by atoms with Crippen molar-refractivity contribution in [2.24, 2.45) is 35.5 Å². The van der Waals surface area contributed by atoms with Crippen LogP contribution in [0.15, 0.2) is 11.6 Å². The van der Waals surface area contributed by atoms with Crippen molar-refractivity contribution in [3.8, 4) is 0 Å². The predicted octanol–water partition coefficient (Wildman–Crippen LogP) is 3.74. The van der Waals surface area contributed by atoms with Gasteiger partial charge in [0.05, 0.1) is 6.10 Å². The summed E-state index contributed by atoms with van der Waals surface area (Å²) in [7, 11) is 0. The van der Waals surface area contributed by atoms with E-state index < -0.39 is 0 Å². The van der Waals surface area contributed by atoms with Gasteiger partial charge in [0.1, 0.15) is 0 Å². The molecule has 2 heteroatoms. The lowest BCUT2D eigenvalue weighted by atomic mass is 9.56. The lowest BCUT2D eigenvalue weighted by molar-refractivity contribution is -0.115. The molecule has 0 aromatic rings. The first-order chi connectivity index (χ1) is 10.2. The van der Waals surface area contributed by atoms with Crippen molar-refractivity contribution in [3.05, 3.63) is 11.6 Å². The molecule has 0 aromatic heterocycles. The van der Waals surface area contributed by atoms with Crippen LogP contribution in [-0.4, -0.2) is 17.0 Å². The Morgan fingerprint density at radius 1 is 1.05 bits per heavy atom. The number of hydrogen-bond acceptors (Lipinski definition) is 2. The molecule has 21 heavy (non-hydrogen) atoms. The summed E-state index contributed by atoms with van der Waals surface area (Å²) < 4.78 is 0. The van der Waals surface area contributed by atoms with E-state index in [9.17, 15) is 9.90 Å². The number of allylic oxidation sites excluding steroid dienone is 1. The molecule has 3 fully saturated rings. The SMILES string of the molecule is CCC1C[C@H]2[C@@H]3CCC4=CC(=O)CC[C@@H]4[C@H]3CC[C@@H]2[C@H]1O. The van der Waals surface area contributed by atoms with Crippen LogP contribution in [-0.2, 0) is 4.79 Å². The van der Waals surface area contributed by atoms with E-state index in [1.807, 2.05) is 6.08 Å². The van der Waals surface area contributed by atoms with Gasteiger partial charge in [0.25, 0.3) is 0 Å². The van der Waals surface area contributed by atoms with Gasteiger partial charge in [0, 0.05) is 6.42 Å². The Bertz CT molecular complexity index is 466. The molecule has 0 aromatic carbocycles. The van der Waals surface area contributed by atoms with Crippen LogP contribution in [0, 0.1) is 35.5 Å². The summed E-state index contributed by atoms with van der Waals surface area (Å²) in [6.07, 6.45) is 11.1. The summed E-state index contributed by atoms with van der Waals surface area (Å²) >= 11 is 0. The molecule has 4 aliphatic carbocycles. The molecule has 7 atom stereocenters. The molecule has 0 aliphatic heterocycles. The van der Waals surface area contributed by atoms with Gasteiger partial charge in [-0.25, -0.2) is 0 Å². The van der Waals surface area contributed by atoms with Crippen molar-refractivity contribution in [2.75, 3.05) is 0 Å². The molecular formula is C19H28O2. The topological polar surface area (TPSA) is 37.3 Å². The highest BCUT2D eigenvalue weighted by Crippen LogP contribution is 2.58. The van der Waals surface area contributed by atoms with Crippen molar-refractivity contribution in [2.45, 2.75) is 64.4 Å². The van der Waals surface area contributed by atoms with Crippen LogP contribution in [0.25, 0.3) is 0 Å². The zero-order valence-electron chi connectivity index (χ0n) is 13.1. The molecule has 3 saturated carbocycles. The molecule has 0 bridgehead atoms. The maximum atomic E-state index is 11.7. The minimum atomic E-state index is -0.0363. The minimum Gasteiger partial charge on any atom is -0.393 e. The fraction of sp³-hybridized carbons (Fsp3) is 0.842. The second-order valence-electron chi connectivity index (χ2n) is 8.00. The van der Waals surface area contributed by atoms with E-state index in [1.165, 1.54) is 31.3 Å². The third kappa shape index (κ3) is 2.13. The molecule has 0 heterocycles. The molecule has 0 saturated heterocycles. The monoisotopic (exact) mass is 288 g/mol. The first-order valence-corrected chi connectivity index (χ1v) is 9.10. The van der Waals surface area contributed by atoms with E-state index in [4.69, 9.17) is 0 Å². The smallest absolute Gasteiger partial charge is 0.155 e. The van der Waals surface area contributed by atoms with Crippen molar-refractivity contribution in [1.82, 2.24) is 0 Å². The Morgan fingerprint density at radius 3 is 2.67 bits per heavy atom. The summed E-state index contributed by atoms with van der Waals surface area (Å²) in [5.74, 6) is 4.57. The van der Waals surface area contributed by atoms with Crippen LogP contribution < -0.4 is 0 Å². The minimum absolute atomic E-state index is 0.0363. The van der Waals surface area contributed by atoms with Crippen molar-refractivity contribution in [1.29, 1.82) is 0 Å². The Balaban J connectivity index is 1.58. The molecular weight excluding hydrogens is 260 g/mol. The second kappa shape index (κ2) is 5.22. The first-order valence-electron chi connectivity index (χ1n) is 9.10. The average molecular weight is 288 g/mol. The average Bonchev–Trinajstić information content (AvgIpc) is 2.83. The van der Waals surface area contributed by atoms with E-state index >= 15 is 0 Å². The molecule has 1 N–H and O–H groups in total. The van der Waals surface area contributed by atoms with Crippen molar-refractivity contribution < 1.29 is 9.90 Å². The molecule has 116 valence electrons. The number of rotatable bonds is 1. The normalized spacial score (nSPS) is 49.1. The van der Waals surface area contributed by atoms with E-state index in [2.05, 4.69) is 6.92 Å². The van der Waals surface area contributed by atoms with E-state index in [-0.39, 0.29) is 6.10 Å². The molecule has 4 rings (SSSR count). The summed E-state index contributed by atoms with van der Waals surface area (Å²) in [5.41, 5.74) is 1.47. The van der Waals surface area contributed by atoms with E-state index in [0.29, 0.717) is 23.5 Å². The molecule has 1 unspecified atom stereocenters. The van der Waals surface area contributed by atoms with E-state index in [1.54, 1.807) is 0 Å². The zero-order chi connectivity index (χ0) is 14.6. The quantitative estimate of drug-likeness (QED) is 0.798. The summed E-state index contributed by atoms with van der Waals surface area (Å²) in [4.78, 5) is 11.7. The maximum absolute atomic E-state index is 11.7. The maximum Gasteiger partial charge on any atom is 0.155 e. The van der Waals surface area contributed by atoms with Crippen LogP contribution >= 0.6 is 0 Å². The Labute approximate surface area is 128 Å². The van der Waals surface area contributed by atoms with Gasteiger partial charge in [-0.15, -0.1) is 0 Å². The van der Waals surface area contributed by atoms with Gasteiger partial charge in [-0.2, -0.15) is 0 Å². The Hall–Kier alpha value is -0.630. The van der Waals surface area contributed by atoms with Crippen LogP contribution in [0.4, 0.5) is 0 Å². The summed E-state index contributed by atoms with van der Waals surface area (Å²) in [6, 6.07) is 0. The van der Waals surface area contributed by atoms with Crippen molar-refractivity contribution >= 4 is 5.78 Å². The number of carbonyl (C=O) groups excluding carboxylic acids is 1. The molecule has 0 spiro atoms. The summed E-state index contributed by atoms with van der Waals surface area (Å²) in [6.45, 7) is 2.23. The second-order valence-corrected chi connectivity index (χ2v) is 8.00. The highest BCUT2D eigenvalue weighted by Gasteiger charge is 2.52. The molecule has 0 radical (unpaired) electrons. The van der Waals surface area contributed by atoms with Gasteiger partial charge in [-0.3, -0.25) is 4.79 Å². The number of carbonyl (C=O) groups is 1. The fourth-order valence-corrected chi connectivity index (χ4v) is 6.35. The lowest BCUT2D eigenvalue weighted by Gasteiger charge is -2.49. The van der Waals surface area contributed by atoms with Gasteiger partial charge in [0.2, 0.25) is 0 Å². The van der Waals surface area contributed by atoms with Crippen LogP contribution in [0.5, 0.6) is 0 Å². The highest BCUT2D eigenvalue weighted by molar-refractivity contribution is 5.91. The molecule has 0 amide bonds. The molecule has 4 aliphatic rings. The number of hydrogen-bond donors (Lipinski definition) is 1. The van der Waals surface area contributed by atoms with Crippen LogP contribution in [0.2, 0.25) is 0 Å². The van der Waals surface area contributed by atoms with Gasteiger partial charge < -0.3 is 5.11 Å². The van der Waals surface area contributed by atoms with Crippen molar-refractivity contribution in [3.63, 3.8) is 0 Å². The summed E-state index contributed by atoms with van der Waals surface area (Å²) in [5, 5.41) is 10.6. The highest BCUT2D eigenvalue weighted by atomic mass is 16.3. The Kier molecular flexibility index (Phi) is 3.48. The first kappa shape index (κ1) is 14.0. The zero-order valence-corrected chi connectivity index (χ0v) is 13.1. The fourth-order valence-electron chi connectivity index (χ4n) is 6.35. The number of ketones is 1. The lowest BCUT2D eigenvalue weighted by Crippen LogP contribution is -2.42. The van der Waals surface area contributed by atoms with Gasteiger partial charge in [-0.05, 0) is 80.1 Å². The van der Waals surface area contributed by atoms with Crippen LogP contribution in [0.3, 0.4) is 0 Å². The largest absolute Gasteiger partial charge is 0.393 e. The van der Waals surface area contributed by atoms with Gasteiger partial charge in [0.15, 0.2) is 5.78 Å².